The van der Waals surface area contributed by atoms with Crippen LogP contribution in [0, 0.1) is 5.82 Å². The van der Waals surface area contributed by atoms with Crippen LogP contribution in [-0.2, 0) is 12.2 Å². The summed E-state index contributed by atoms with van der Waals surface area (Å²) in [4.78, 5) is 4.08. The number of pyridine rings is 1. The van der Waals surface area contributed by atoms with E-state index in [0.29, 0.717) is 11.3 Å². The fourth-order valence-electron chi connectivity index (χ4n) is 2.92. The highest BCUT2D eigenvalue weighted by molar-refractivity contribution is 7.98. The number of rotatable bonds is 6. The number of benzene rings is 2. The van der Waals surface area contributed by atoms with Gasteiger partial charge in [-0.05, 0) is 47.9 Å². The van der Waals surface area contributed by atoms with Crippen LogP contribution < -0.4 is 0 Å². The Morgan fingerprint density at radius 1 is 0.929 bits per heavy atom. The molecule has 0 amide bonds. The Morgan fingerprint density at radius 3 is 2.39 bits per heavy atom. The van der Waals surface area contributed by atoms with E-state index in [2.05, 4.69) is 46.4 Å². The van der Waals surface area contributed by atoms with Crippen molar-refractivity contribution >= 4 is 11.8 Å². The van der Waals surface area contributed by atoms with Gasteiger partial charge in [-0.15, -0.1) is 10.2 Å². The van der Waals surface area contributed by atoms with Gasteiger partial charge in [0, 0.05) is 29.4 Å². The lowest BCUT2D eigenvalue weighted by Gasteiger charge is -2.11. The summed E-state index contributed by atoms with van der Waals surface area (Å²) in [7, 11) is 0. The highest BCUT2D eigenvalue weighted by Gasteiger charge is 2.16. The fourth-order valence-corrected chi connectivity index (χ4v) is 3.86. The van der Waals surface area contributed by atoms with Crippen molar-refractivity contribution in [3.05, 3.63) is 90.0 Å². The minimum atomic E-state index is -0.206. The molecule has 2 aromatic heterocycles. The monoisotopic (exact) mass is 390 g/mol. The van der Waals surface area contributed by atoms with Crippen molar-refractivity contribution in [2.24, 2.45) is 0 Å². The van der Waals surface area contributed by atoms with Gasteiger partial charge in [0.05, 0.1) is 0 Å². The second-order valence-electron chi connectivity index (χ2n) is 6.28. The number of hydrogen-bond acceptors (Lipinski definition) is 4. The van der Waals surface area contributed by atoms with Gasteiger partial charge in [0.1, 0.15) is 5.82 Å². The van der Waals surface area contributed by atoms with Gasteiger partial charge in [-0.2, -0.15) is 0 Å². The zero-order valence-electron chi connectivity index (χ0n) is 15.4. The van der Waals surface area contributed by atoms with Crippen molar-refractivity contribution in [3.8, 4) is 17.1 Å². The fraction of sp³-hybridized carbons (Fsp3) is 0.136. The summed E-state index contributed by atoms with van der Waals surface area (Å²) in [6.45, 7) is 2.13. The smallest absolute Gasteiger partial charge is 0.196 e. The molecule has 140 valence electrons. The summed E-state index contributed by atoms with van der Waals surface area (Å²) >= 11 is 1.47. The normalized spacial score (nSPS) is 10.9. The molecule has 0 aliphatic rings. The lowest BCUT2D eigenvalue weighted by atomic mass is 10.1. The summed E-state index contributed by atoms with van der Waals surface area (Å²) in [5.74, 6) is 1.01. The summed E-state index contributed by atoms with van der Waals surface area (Å²) < 4.78 is 16.0. The number of aromatic nitrogens is 4. The molecular formula is C22H19FN4S. The maximum atomic E-state index is 14.0. The third kappa shape index (κ3) is 3.82. The van der Waals surface area contributed by atoms with Crippen LogP contribution in [0.4, 0.5) is 4.39 Å². The summed E-state index contributed by atoms with van der Waals surface area (Å²) in [6.07, 6.45) is 4.45. The molecule has 2 heterocycles. The number of hydrogen-bond donors (Lipinski definition) is 0. The molecule has 0 aliphatic heterocycles. The molecule has 2 aromatic carbocycles. The Bertz CT molecular complexity index is 1060. The second kappa shape index (κ2) is 8.35. The molecule has 6 heteroatoms. The first-order valence-electron chi connectivity index (χ1n) is 9.07. The molecule has 4 rings (SSSR count). The number of thioether (sulfide) groups is 1. The van der Waals surface area contributed by atoms with E-state index in [1.54, 1.807) is 24.5 Å². The Hall–Kier alpha value is -2.99. The SMILES string of the molecule is CCc1ccc(-n2c(SCc3ccccc3F)nnc2-c2ccncc2)cc1. The molecule has 0 saturated carbocycles. The Labute approximate surface area is 167 Å². The van der Waals surface area contributed by atoms with Crippen LogP contribution in [0.1, 0.15) is 18.1 Å². The van der Waals surface area contributed by atoms with E-state index in [1.807, 2.05) is 22.8 Å². The van der Waals surface area contributed by atoms with Gasteiger partial charge in [-0.3, -0.25) is 9.55 Å². The number of halogens is 1. The van der Waals surface area contributed by atoms with Gasteiger partial charge in [0.25, 0.3) is 0 Å². The summed E-state index contributed by atoms with van der Waals surface area (Å²) in [5, 5.41) is 9.52. The van der Waals surface area contributed by atoms with Gasteiger partial charge in [0.2, 0.25) is 0 Å². The summed E-state index contributed by atoms with van der Waals surface area (Å²) in [5.41, 5.74) is 3.82. The van der Waals surface area contributed by atoms with E-state index in [1.165, 1.54) is 23.4 Å². The zero-order valence-corrected chi connectivity index (χ0v) is 16.2. The standard InChI is InChI=1S/C22H19FN4S/c1-2-16-7-9-19(10-8-16)27-21(17-11-13-24-14-12-17)25-26-22(27)28-15-18-5-3-4-6-20(18)23/h3-14H,2,15H2,1H3. The van der Waals surface area contributed by atoms with Crippen LogP contribution in [0.2, 0.25) is 0 Å². The van der Waals surface area contributed by atoms with Crippen molar-refractivity contribution in [2.45, 2.75) is 24.3 Å². The molecule has 4 nitrogen and oxygen atoms in total. The largest absolute Gasteiger partial charge is 0.270 e. The molecule has 0 aliphatic carbocycles. The quantitative estimate of drug-likeness (QED) is 0.418. The Balaban J connectivity index is 1.73. The van der Waals surface area contributed by atoms with E-state index in [4.69, 9.17) is 0 Å². The highest BCUT2D eigenvalue weighted by Crippen LogP contribution is 2.30. The number of nitrogens with zero attached hydrogens (tertiary/aromatic N) is 4. The van der Waals surface area contributed by atoms with Gasteiger partial charge in [-0.25, -0.2) is 4.39 Å². The lowest BCUT2D eigenvalue weighted by molar-refractivity contribution is 0.617. The Kier molecular flexibility index (Phi) is 5.48. The first-order chi connectivity index (χ1) is 13.8. The molecule has 0 spiro atoms. The molecule has 0 radical (unpaired) electrons. The minimum absolute atomic E-state index is 0.206. The van der Waals surface area contributed by atoms with Crippen LogP contribution >= 0.6 is 11.8 Å². The van der Waals surface area contributed by atoms with Crippen molar-refractivity contribution < 1.29 is 4.39 Å². The van der Waals surface area contributed by atoms with Gasteiger partial charge < -0.3 is 0 Å². The highest BCUT2D eigenvalue weighted by atomic mass is 32.2. The van der Waals surface area contributed by atoms with E-state index in [0.717, 1.165) is 28.7 Å². The Morgan fingerprint density at radius 2 is 1.68 bits per heavy atom. The topological polar surface area (TPSA) is 43.6 Å². The predicted octanol–water partition coefficient (Wildman–Crippen LogP) is 5.32. The molecule has 0 unspecified atom stereocenters. The van der Waals surface area contributed by atoms with E-state index in [-0.39, 0.29) is 5.82 Å². The van der Waals surface area contributed by atoms with Crippen molar-refractivity contribution in [1.82, 2.24) is 19.7 Å². The summed E-state index contributed by atoms with van der Waals surface area (Å²) in [6, 6.07) is 19.0. The van der Waals surface area contributed by atoms with Crippen LogP contribution in [0.5, 0.6) is 0 Å². The predicted molar refractivity (Wildman–Crippen MR) is 110 cm³/mol. The number of aryl methyl sites for hydroxylation is 1. The van der Waals surface area contributed by atoms with E-state index in [9.17, 15) is 4.39 Å². The first-order valence-corrected chi connectivity index (χ1v) is 10.1. The minimum Gasteiger partial charge on any atom is -0.270 e. The van der Waals surface area contributed by atoms with Gasteiger partial charge >= 0.3 is 0 Å². The lowest BCUT2D eigenvalue weighted by Crippen LogP contribution is -2.00. The third-order valence-electron chi connectivity index (χ3n) is 4.49. The second-order valence-corrected chi connectivity index (χ2v) is 7.22. The average molecular weight is 390 g/mol. The molecular weight excluding hydrogens is 371 g/mol. The van der Waals surface area contributed by atoms with Crippen LogP contribution in [-0.4, -0.2) is 19.7 Å². The maximum absolute atomic E-state index is 14.0. The van der Waals surface area contributed by atoms with Gasteiger partial charge in [0.15, 0.2) is 11.0 Å². The third-order valence-corrected chi connectivity index (χ3v) is 5.47. The van der Waals surface area contributed by atoms with Crippen molar-refractivity contribution in [2.75, 3.05) is 0 Å². The van der Waals surface area contributed by atoms with Crippen LogP contribution in [0.15, 0.2) is 78.2 Å². The van der Waals surface area contributed by atoms with Crippen LogP contribution in [0.25, 0.3) is 17.1 Å². The maximum Gasteiger partial charge on any atom is 0.196 e. The van der Waals surface area contributed by atoms with E-state index >= 15 is 0 Å². The van der Waals surface area contributed by atoms with Crippen molar-refractivity contribution in [1.29, 1.82) is 0 Å². The molecule has 28 heavy (non-hydrogen) atoms. The molecule has 4 aromatic rings. The molecule has 0 saturated heterocycles. The molecule has 0 bridgehead atoms. The first kappa shape index (κ1) is 18.4. The molecule has 0 N–H and O–H groups in total. The molecule has 0 atom stereocenters. The average Bonchev–Trinajstić information content (AvgIpc) is 3.18. The van der Waals surface area contributed by atoms with E-state index < -0.39 is 0 Å². The zero-order chi connectivity index (χ0) is 19.3. The molecule has 0 fully saturated rings. The van der Waals surface area contributed by atoms with Crippen molar-refractivity contribution in [3.63, 3.8) is 0 Å². The van der Waals surface area contributed by atoms with Gasteiger partial charge in [-0.1, -0.05) is 49.0 Å². The van der Waals surface area contributed by atoms with Crippen LogP contribution in [0.3, 0.4) is 0 Å².